The molecular formula is C8H11N3O6. The zero-order valence-electron chi connectivity index (χ0n) is 8.55. The Morgan fingerprint density at radius 3 is 2.59 bits per heavy atom. The van der Waals surface area contributed by atoms with E-state index in [4.69, 9.17) is 15.6 Å². The van der Waals surface area contributed by atoms with Crippen molar-refractivity contribution < 1.29 is 29.4 Å². The number of primary amides is 1. The van der Waals surface area contributed by atoms with Gasteiger partial charge in [0, 0.05) is 0 Å². The SMILES string of the molecule is NC(=O)c1nc([C@@H]2O[C@H](CO)[C@@H](O)[C@@H]2O)no1. The van der Waals surface area contributed by atoms with Crippen molar-refractivity contribution in [3.63, 3.8) is 0 Å². The molecule has 2 heterocycles. The van der Waals surface area contributed by atoms with Crippen LogP contribution in [0.1, 0.15) is 22.6 Å². The van der Waals surface area contributed by atoms with Crippen molar-refractivity contribution >= 4 is 5.91 Å². The van der Waals surface area contributed by atoms with Crippen LogP contribution in [0.2, 0.25) is 0 Å². The fraction of sp³-hybridized carbons (Fsp3) is 0.625. The van der Waals surface area contributed by atoms with Gasteiger partial charge >= 0.3 is 11.8 Å². The molecule has 1 saturated heterocycles. The van der Waals surface area contributed by atoms with Crippen molar-refractivity contribution in [1.82, 2.24) is 10.1 Å². The molecule has 0 saturated carbocycles. The van der Waals surface area contributed by atoms with Crippen LogP contribution in [0, 0.1) is 0 Å². The fourth-order valence-corrected chi connectivity index (χ4v) is 1.56. The first-order valence-electron chi connectivity index (χ1n) is 4.80. The zero-order chi connectivity index (χ0) is 12.6. The molecule has 2 rings (SSSR count). The summed E-state index contributed by atoms with van der Waals surface area (Å²) in [4.78, 5) is 14.3. The number of carbonyl (C=O) groups is 1. The molecule has 17 heavy (non-hydrogen) atoms. The number of nitrogens with two attached hydrogens (primary N) is 1. The van der Waals surface area contributed by atoms with Crippen LogP contribution in [0.4, 0.5) is 0 Å². The molecule has 0 radical (unpaired) electrons. The van der Waals surface area contributed by atoms with Crippen molar-refractivity contribution in [3.8, 4) is 0 Å². The largest absolute Gasteiger partial charge is 0.394 e. The molecule has 94 valence electrons. The lowest BCUT2D eigenvalue weighted by Gasteiger charge is -2.10. The maximum atomic E-state index is 10.7. The molecule has 4 atom stereocenters. The summed E-state index contributed by atoms with van der Waals surface area (Å²) < 4.78 is 9.65. The molecule has 0 spiro atoms. The molecule has 9 nitrogen and oxygen atoms in total. The summed E-state index contributed by atoms with van der Waals surface area (Å²) >= 11 is 0. The number of carbonyl (C=O) groups excluding carboxylic acids is 1. The summed E-state index contributed by atoms with van der Waals surface area (Å²) in [5, 5.41) is 31.4. The number of amides is 1. The average Bonchev–Trinajstić information content (AvgIpc) is 2.87. The van der Waals surface area contributed by atoms with Crippen LogP contribution >= 0.6 is 0 Å². The highest BCUT2D eigenvalue weighted by molar-refractivity contribution is 5.87. The van der Waals surface area contributed by atoms with Crippen molar-refractivity contribution in [2.75, 3.05) is 6.61 Å². The van der Waals surface area contributed by atoms with Crippen molar-refractivity contribution in [3.05, 3.63) is 11.7 Å². The van der Waals surface area contributed by atoms with Gasteiger partial charge in [-0.3, -0.25) is 4.79 Å². The van der Waals surface area contributed by atoms with Gasteiger partial charge in [0.15, 0.2) is 0 Å². The predicted molar refractivity (Wildman–Crippen MR) is 49.5 cm³/mol. The standard InChI is InChI=1S/C8H11N3O6/c9-6(15)8-10-7(11-17-8)5-4(14)3(13)2(1-12)16-5/h2-5,12-14H,1H2,(H2,9,15)/t2-,3-,4+,5-/m1/s1. The lowest BCUT2D eigenvalue weighted by Crippen LogP contribution is -2.32. The summed E-state index contributed by atoms with van der Waals surface area (Å²) in [6.07, 6.45) is -4.59. The number of aromatic nitrogens is 2. The van der Waals surface area contributed by atoms with Crippen LogP contribution in [0.5, 0.6) is 0 Å². The van der Waals surface area contributed by atoms with Crippen LogP contribution in [0.15, 0.2) is 4.52 Å². The summed E-state index contributed by atoms with van der Waals surface area (Å²) in [6.45, 7) is -0.463. The topological polar surface area (TPSA) is 152 Å². The van der Waals surface area contributed by atoms with E-state index in [1.807, 2.05) is 0 Å². The normalized spacial score (nSPS) is 32.9. The van der Waals surface area contributed by atoms with Crippen LogP contribution in [-0.2, 0) is 4.74 Å². The second-order valence-corrected chi connectivity index (χ2v) is 3.58. The van der Waals surface area contributed by atoms with E-state index in [0.717, 1.165) is 0 Å². The Kier molecular flexibility index (Phi) is 3.07. The smallest absolute Gasteiger partial charge is 0.315 e. The molecule has 1 aromatic rings. The first-order valence-corrected chi connectivity index (χ1v) is 4.80. The molecule has 0 aromatic carbocycles. The molecule has 0 aliphatic carbocycles. The van der Waals surface area contributed by atoms with E-state index < -0.39 is 42.8 Å². The first kappa shape index (κ1) is 11.9. The van der Waals surface area contributed by atoms with E-state index in [0.29, 0.717) is 0 Å². The van der Waals surface area contributed by atoms with Gasteiger partial charge in [0.1, 0.15) is 24.4 Å². The van der Waals surface area contributed by atoms with Gasteiger partial charge < -0.3 is 30.3 Å². The number of hydrogen-bond acceptors (Lipinski definition) is 8. The number of ether oxygens (including phenoxy) is 1. The minimum Gasteiger partial charge on any atom is -0.394 e. The maximum absolute atomic E-state index is 10.7. The first-order chi connectivity index (χ1) is 8.04. The molecule has 0 unspecified atom stereocenters. The third-order valence-corrected chi connectivity index (χ3v) is 2.45. The lowest BCUT2D eigenvalue weighted by molar-refractivity contribution is -0.0258. The minimum atomic E-state index is -1.31. The molecule has 1 amide bonds. The Hall–Kier alpha value is -1.55. The van der Waals surface area contributed by atoms with Gasteiger partial charge in [0.05, 0.1) is 6.61 Å². The highest BCUT2D eigenvalue weighted by Crippen LogP contribution is 2.31. The zero-order valence-corrected chi connectivity index (χ0v) is 8.55. The fourth-order valence-electron chi connectivity index (χ4n) is 1.56. The number of rotatable bonds is 3. The molecule has 1 aliphatic heterocycles. The number of nitrogens with zero attached hydrogens (tertiary/aromatic N) is 2. The summed E-state index contributed by atoms with van der Waals surface area (Å²) in [6, 6.07) is 0. The third kappa shape index (κ3) is 2.00. The summed E-state index contributed by atoms with van der Waals surface area (Å²) in [7, 11) is 0. The van der Waals surface area contributed by atoms with Crippen molar-refractivity contribution in [1.29, 1.82) is 0 Å². The molecule has 1 fully saturated rings. The van der Waals surface area contributed by atoms with Crippen LogP contribution < -0.4 is 5.73 Å². The van der Waals surface area contributed by atoms with Gasteiger partial charge in [-0.1, -0.05) is 5.16 Å². The molecule has 0 bridgehead atoms. The Bertz CT molecular complexity index is 421. The average molecular weight is 245 g/mol. The molecular weight excluding hydrogens is 234 g/mol. The second kappa shape index (κ2) is 4.37. The van der Waals surface area contributed by atoms with Crippen LogP contribution in [0.25, 0.3) is 0 Å². The Labute approximate surface area is 94.8 Å². The Balaban J connectivity index is 2.19. The van der Waals surface area contributed by atoms with E-state index in [2.05, 4.69) is 14.7 Å². The highest BCUT2D eigenvalue weighted by Gasteiger charge is 2.45. The molecule has 1 aliphatic rings. The van der Waals surface area contributed by atoms with E-state index >= 15 is 0 Å². The van der Waals surface area contributed by atoms with Crippen molar-refractivity contribution in [2.24, 2.45) is 5.73 Å². The van der Waals surface area contributed by atoms with E-state index in [-0.39, 0.29) is 5.82 Å². The second-order valence-electron chi connectivity index (χ2n) is 3.58. The van der Waals surface area contributed by atoms with Gasteiger partial charge in [-0.05, 0) is 0 Å². The van der Waals surface area contributed by atoms with E-state index in [1.165, 1.54) is 0 Å². The van der Waals surface area contributed by atoms with E-state index in [1.54, 1.807) is 0 Å². The van der Waals surface area contributed by atoms with Crippen molar-refractivity contribution in [2.45, 2.75) is 24.4 Å². The minimum absolute atomic E-state index is 0.110. The summed E-state index contributed by atoms with van der Waals surface area (Å²) in [5.74, 6) is -1.44. The van der Waals surface area contributed by atoms with Crippen LogP contribution in [0.3, 0.4) is 0 Å². The maximum Gasteiger partial charge on any atom is 0.315 e. The molecule has 5 N–H and O–H groups in total. The predicted octanol–water partition coefficient (Wildman–Crippen LogP) is -2.68. The highest BCUT2D eigenvalue weighted by atomic mass is 16.6. The van der Waals surface area contributed by atoms with E-state index in [9.17, 15) is 15.0 Å². The van der Waals surface area contributed by atoms with Crippen LogP contribution in [-0.4, -0.2) is 56.3 Å². The molecule has 1 aromatic heterocycles. The number of aliphatic hydroxyl groups is 3. The number of hydrogen-bond donors (Lipinski definition) is 4. The Morgan fingerprint density at radius 1 is 1.41 bits per heavy atom. The Morgan fingerprint density at radius 2 is 2.12 bits per heavy atom. The monoisotopic (exact) mass is 245 g/mol. The van der Waals surface area contributed by atoms with Gasteiger partial charge in [-0.2, -0.15) is 4.98 Å². The van der Waals surface area contributed by atoms with Gasteiger partial charge in [0.2, 0.25) is 5.82 Å². The lowest BCUT2D eigenvalue weighted by atomic mass is 10.1. The van der Waals surface area contributed by atoms with Gasteiger partial charge in [0.25, 0.3) is 0 Å². The van der Waals surface area contributed by atoms with Gasteiger partial charge in [-0.15, -0.1) is 0 Å². The number of aliphatic hydroxyl groups excluding tert-OH is 3. The molecule has 9 heteroatoms. The summed E-state index contributed by atoms with van der Waals surface area (Å²) in [5.41, 5.74) is 4.91. The quantitative estimate of drug-likeness (QED) is 0.449. The third-order valence-electron chi connectivity index (χ3n) is 2.45. The van der Waals surface area contributed by atoms with Gasteiger partial charge in [-0.25, -0.2) is 0 Å².